The molecule has 1 fully saturated rings. The standard InChI is InChI=1S/C16H30N4O/c1-5-7-19(8-6-2)15(14(3)4)13-18-16(17)20-9-11-21-12-10-20/h5-6,14-15H,1-2,7-13H2,3-4H3,(H2,17,18). The normalized spacial score (nSPS) is 18.1. The highest BCUT2D eigenvalue weighted by atomic mass is 16.5. The zero-order valence-electron chi connectivity index (χ0n) is 13.5. The summed E-state index contributed by atoms with van der Waals surface area (Å²) in [6.45, 7) is 17.6. The van der Waals surface area contributed by atoms with Crippen molar-refractivity contribution < 1.29 is 4.74 Å². The number of morpholine rings is 1. The van der Waals surface area contributed by atoms with Gasteiger partial charge in [-0.3, -0.25) is 9.89 Å². The number of nitrogens with two attached hydrogens (primary N) is 1. The van der Waals surface area contributed by atoms with Crippen molar-refractivity contribution in [3.63, 3.8) is 0 Å². The van der Waals surface area contributed by atoms with Crippen LogP contribution in [0.1, 0.15) is 13.8 Å². The second-order valence-electron chi connectivity index (χ2n) is 5.64. The molecule has 0 saturated carbocycles. The lowest BCUT2D eigenvalue weighted by molar-refractivity contribution is 0.0673. The maximum Gasteiger partial charge on any atom is 0.191 e. The Balaban J connectivity index is 2.67. The molecule has 0 bridgehead atoms. The highest BCUT2D eigenvalue weighted by molar-refractivity contribution is 5.78. The van der Waals surface area contributed by atoms with Gasteiger partial charge in [-0.2, -0.15) is 0 Å². The third kappa shape index (κ3) is 5.89. The van der Waals surface area contributed by atoms with Crippen LogP contribution >= 0.6 is 0 Å². The van der Waals surface area contributed by atoms with Gasteiger partial charge in [0.2, 0.25) is 0 Å². The van der Waals surface area contributed by atoms with Crippen LogP contribution in [0.3, 0.4) is 0 Å². The van der Waals surface area contributed by atoms with E-state index in [2.05, 4.69) is 41.8 Å². The summed E-state index contributed by atoms with van der Waals surface area (Å²) in [6, 6.07) is 0.334. The van der Waals surface area contributed by atoms with Crippen LogP contribution in [0.15, 0.2) is 30.3 Å². The first-order valence-electron chi connectivity index (χ1n) is 7.68. The molecule has 1 atom stereocenters. The smallest absolute Gasteiger partial charge is 0.191 e. The summed E-state index contributed by atoms with van der Waals surface area (Å²) in [6.07, 6.45) is 3.85. The van der Waals surface area contributed by atoms with Crippen LogP contribution in [-0.4, -0.2) is 67.7 Å². The Kier molecular flexibility index (Phi) is 8.08. The second kappa shape index (κ2) is 9.58. The van der Waals surface area contributed by atoms with E-state index in [-0.39, 0.29) is 0 Å². The fraction of sp³-hybridized carbons (Fsp3) is 0.688. The van der Waals surface area contributed by atoms with E-state index in [0.717, 1.165) is 39.4 Å². The Bertz CT molecular complexity index is 338. The highest BCUT2D eigenvalue weighted by Gasteiger charge is 2.20. The largest absolute Gasteiger partial charge is 0.378 e. The van der Waals surface area contributed by atoms with Crippen molar-refractivity contribution in [2.24, 2.45) is 16.6 Å². The Morgan fingerprint density at radius 1 is 1.29 bits per heavy atom. The van der Waals surface area contributed by atoms with Crippen molar-refractivity contribution in [1.82, 2.24) is 9.80 Å². The second-order valence-corrected chi connectivity index (χ2v) is 5.64. The zero-order chi connectivity index (χ0) is 15.7. The molecule has 1 unspecified atom stereocenters. The molecule has 0 aliphatic carbocycles. The fourth-order valence-corrected chi connectivity index (χ4v) is 2.50. The van der Waals surface area contributed by atoms with Gasteiger partial charge in [-0.15, -0.1) is 13.2 Å². The molecule has 5 heteroatoms. The average Bonchev–Trinajstić information content (AvgIpc) is 2.48. The molecule has 0 spiro atoms. The van der Waals surface area contributed by atoms with E-state index in [4.69, 9.17) is 10.5 Å². The maximum atomic E-state index is 6.11. The van der Waals surface area contributed by atoms with Gasteiger partial charge in [0.25, 0.3) is 0 Å². The minimum atomic E-state index is 0.334. The molecule has 1 rings (SSSR count). The van der Waals surface area contributed by atoms with E-state index in [1.165, 1.54) is 0 Å². The number of hydrogen-bond donors (Lipinski definition) is 1. The Morgan fingerprint density at radius 2 is 1.86 bits per heavy atom. The molecular weight excluding hydrogens is 264 g/mol. The van der Waals surface area contributed by atoms with Crippen LogP contribution < -0.4 is 5.73 Å². The summed E-state index contributed by atoms with van der Waals surface area (Å²) < 4.78 is 5.33. The summed E-state index contributed by atoms with van der Waals surface area (Å²) in [7, 11) is 0. The van der Waals surface area contributed by atoms with Crippen molar-refractivity contribution in [2.75, 3.05) is 45.9 Å². The molecule has 0 aromatic carbocycles. The Labute approximate surface area is 129 Å². The highest BCUT2D eigenvalue weighted by Crippen LogP contribution is 2.12. The number of hydrogen-bond acceptors (Lipinski definition) is 3. The number of rotatable bonds is 8. The van der Waals surface area contributed by atoms with Crippen molar-refractivity contribution in [1.29, 1.82) is 0 Å². The maximum absolute atomic E-state index is 6.11. The molecule has 0 aromatic heterocycles. The van der Waals surface area contributed by atoms with Gasteiger partial charge in [0.05, 0.1) is 19.8 Å². The van der Waals surface area contributed by atoms with Crippen LogP contribution in [0, 0.1) is 5.92 Å². The van der Waals surface area contributed by atoms with Gasteiger partial charge in [0, 0.05) is 32.2 Å². The third-order valence-corrected chi connectivity index (χ3v) is 3.74. The van der Waals surface area contributed by atoms with Gasteiger partial charge >= 0.3 is 0 Å². The van der Waals surface area contributed by atoms with Crippen molar-refractivity contribution in [3.05, 3.63) is 25.3 Å². The van der Waals surface area contributed by atoms with Crippen LogP contribution in [0.2, 0.25) is 0 Å². The Hall–Kier alpha value is -1.33. The molecular formula is C16H30N4O. The number of ether oxygens (including phenoxy) is 1. The first-order valence-corrected chi connectivity index (χ1v) is 7.68. The fourth-order valence-electron chi connectivity index (χ4n) is 2.50. The van der Waals surface area contributed by atoms with Gasteiger partial charge in [0.1, 0.15) is 0 Å². The molecule has 1 aliphatic heterocycles. The van der Waals surface area contributed by atoms with Crippen molar-refractivity contribution in [3.8, 4) is 0 Å². The molecule has 5 nitrogen and oxygen atoms in total. The van der Waals surface area contributed by atoms with E-state index in [0.29, 0.717) is 24.5 Å². The number of aliphatic imine (C=N–C) groups is 1. The summed E-state index contributed by atoms with van der Waals surface area (Å²) in [5.41, 5.74) is 6.11. The number of nitrogens with zero attached hydrogens (tertiary/aromatic N) is 3. The van der Waals surface area contributed by atoms with E-state index < -0.39 is 0 Å². The summed E-state index contributed by atoms with van der Waals surface area (Å²) in [5, 5.41) is 0. The number of guanidine groups is 1. The van der Waals surface area contributed by atoms with E-state index in [9.17, 15) is 0 Å². The topological polar surface area (TPSA) is 54.1 Å². The van der Waals surface area contributed by atoms with Crippen LogP contribution in [0.25, 0.3) is 0 Å². The first kappa shape index (κ1) is 17.7. The van der Waals surface area contributed by atoms with Crippen LogP contribution in [-0.2, 0) is 4.74 Å². The molecule has 1 saturated heterocycles. The van der Waals surface area contributed by atoms with E-state index in [1.54, 1.807) is 0 Å². The molecule has 21 heavy (non-hydrogen) atoms. The van der Waals surface area contributed by atoms with Gasteiger partial charge < -0.3 is 15.4 Å². The monoisotopic (exact) mass is 294 g/mol. The molecule has 2 N–H and O–H groups in total. The van der Waals surface area contributed by atoms with Crippen LogP contribution in [0.4, 0.5) is 0 Å². The van der Waals surface area contributed by atoms with Crippen molar-refractivity contribution >= 4 is 5.96 Å². The lowest BCUT2D eigenvalue weighted by Gasteiger charge is -2.33. The van der Waals surface area contributed by atoms with Gasteiger partial charge in [-0.1, -0.05) is 26.0 Å². The molecule has 1 aliphatic rings. The Morgan fingerprint density at radius 3 is 2.33 bits per heavy atom. The lowest BCUT2D eigenvalue weighted by atomic mass is 10.0. The summed E-state index contributed by atoms with van der Waals surface area (Å²) >= 11 is 0. The van der Waals surface area contributed by atoms with Gasteiger partial charge in [-0.05, 0) is 5.92 Å². The molecule has 0 amide bonds. The summed E-state index contributed by atoms with van der Waals surface area (Å²) in [5.74, 6) is 1.12. The van der Waals surface area contributed by atoms with Gasteiger partial charge in [0.15, 0.2) is 5.96 Å². The molecule has 120 valence electrons. The molecule has 0 aromatic rings. The molecule has 0 radical (unpaired) electrons. The van der Waals surface area contributed by atoms with Crippen LogP contribution in [0.5, 0.6) is 0 Å². The quantitative estimate of drug-likeness (QED) is 0.417. The SMILES string of the molecule is C=CCN(CC=C)C(CN=C(N)N1CCOCC1)C(C)C. The predicted molar refractivity (Wildman–Crippen MR) is 89.5 cm³/mol. The van der Waals surface area contributed by atoms with Crippen molar-refractivity contribution in [2.45, 2.75) is 19.9 Å². The van der Waals surface area contributed by atoms with Gasteiger partial charge in [-0.25, -0.2) is 0 Å². The predicted octanol–water partition coefficient (Wildman–Crippen LogP) is 1.33. The van der Waals surface area contributed by atoms with E-state index in [1.807, 2.05) is 12.2 Å². The lowest BCUT2D eigenvalue weighted by Crippen LogP contribution is -2.46. The summed E-state index contributed by atoms with van der Waals surface area (Å²) in [4.78, 5) is 9.03. The molecule has 1 heterocycles. The average molecular weight is 294 g/mol. The third-order valence-electron chi connectivity index (χ3n) is 3.74. The minimum Gasteiger partial charge on any atom is -0.378 e. The first-order chi connectivity index (χ1) is 10.1. The zero-order valence-corrected chi connectivity index (χ0v) is 13.5. The minimum absolute atomic E-state index is 0.334. The van der Waals surface area contributed by atoms with E-state index >= 15 is 0 Å².